The lowest BCUT2D eigenvalue weighted by atomic mass is 10.1. The van der Waals surface area contributed by atoms with Crippen LogP contribution >= 0.6 is 0 Å². The van der Waals surface area contributed by atoms with Gasteiger partial charge < -0.3 is 15.0 Å². The fourth-order valence-corrected chi connectivity index (χ4v) is 3.11. The van der Waals surface area contributed by atoms with Gasteiger partial charge in [-0.3, -0.25) is 0 Å². The highest BCUT2D eigenvalue weighted by molar-refractivity contribution is 5.91. The first-order valence-electron chi connectivity index (χ1n) is 8.68. The lowest BCUT2D eigenvalue weighted by Gasteiger charge is -2.11. The van der Waals surface area contributed by atoms with E-state index < -0.39 is 5.97 Å². The molecular weight excluding hydrogens is 319 g/mol. The molecule has 1 aromatic heterocycles. The molecule has 2 N–H and O–H groups in total. The number of benzene rings is 1. The predicted octanol–water partition coefficient (Wildman–Crippen LogP) is 4.13. The molecule has 0 saturated carbocycles. The summed E-state index contributed by atoms with van der Waals surface area (Å²) in [7, 11) is 0. The van der Waals surface area contributed by atoms with E-state index in [0.29, 0.717) is 30.3 Å². The van der Waals surface area contributed by atoms with Crippen molar-refractivity contribution in [3.8, 4) is 0 Å². The van der Waals surface area contributed by atoms with Crippen molar-refractivity contribution >= 4 is 5.97 Å². The van der Waals surface area contributed by atoms with E-state index >= 15 is 0 Å². The van der Waals surface area contributed by atoms with Gasteiger partial charge >= 0.3 is 5.97 Å². The molecule has 1 heterocycles. The Morgan fingerprint density at radius 1 is 1.28 bits per heavy atom. The number of hydrogen-bond acceptors (Lipinski definition) is 2. The van der Waals surface area contributed by atoms with Crippen LogP contribution in [0.25, 0.3) is 0 Å². The Morgan fingerprint density at radius 3 is 2.60 bits per heavy atom. The summed E-state index contributed by atoms with van der Waals surface area (Å²) in [5.74, 6) is -0.597. The monoisotopic (exact) mass is 346 g/mol. The normalized spacial score (nSPS) is 11.3. The standard InChI is InChI=1S/C20H27FN2O2/c1-13(2)8-9-22-11-18-14(3)23(15(4)19(18)20(24)25)12-16-6-5-7-17(21)10-16/h5-7,10,13,22H,8-9,11-12H2,1-4H3,(H,24,25). The lowest BCUT2D eigenvalue weighted by molar-refractivity contribution is 0.0694. The molecule has 0 aliphatic carbocycles. The molecule has 0 unspecified atom stereocenters. The smallest absolute Gasteiger partial charge is 0.337 e. The zero-order valence-corrected chi connectivity index (χ0v) is 15.4. The summed E-state index contributed by atoms with van der Waals surface area (Å²) in [6.45, 7) is 9.90. The molecule has 0 amide bonds. The maximum Gasteiger partial charge on any atom is 0.337 e. The molecule has 2 aromatic rings. The van der Waals surface area contributed by atoms with Crippen molar-refractivity contribution in [2.75, 3.05) is 6.54 Å². The number of nitrogens with zero attached hydrogens (tertiary/aromatic N) is 1. The fraction of sp³-hybridized carbons (Fsp3) is 0.450. The molecule has 1 aromatic carbocycles. The van der Waals surface area contributed by atoms with E-state index in [-0.39, 0.29) is 5.82 Å². The Labute approximate surface area is 148 Å². The molecule has 0 spiro atoms. The van der Waals surface area contributed by atoms with Crippen molar-refractivity contribution in [3.05, 3.63) is 58.2 Å². The molecule has 0 aliphatic heterocycles. The average Bonchev–Trinajstić information content (AvgIpc) is 2.76. The number of carboxylic acid groups (broad SMARTS) is 1. The lowest BCUT2D eigenvalue weighted by Crippen LogP contribution is -2.18. The average molecular weight is 346 g/mol. The molecule has 4 nitrogen and oxygen atoms in total. The number of aromatic carboxylic acids is 1. The van der Waals surface area contributed by atoms with E-state index in [2.05, 4.69) is 19.2 Å². The van der Waals surface area contributed by atoms with E-state index in [9.17, 15) is 14.3 Å². The van der Waals surface area contributed by atoms with Crippen molar-refractivity contribution in [2.24, 2.45) is 5.92 Å². The highest BCUT2D eigenvalue weighted by atomic mass is 19.1. The zero-order chi connectivity index (χ0) is 18.6. The quantitative estimate of drug-likeness (QED) is 0.707. The summed E-state index contributed by atoms with van der Waals surface area (Å²) < 4.78 is 15.4. The number of carbonyl (C=O) groups is 1. The Balaban J connectivity index is 2.28. The van der Waals surface area contributed by atoms with Gasteiger partial charge in [-0.25, -0.2) is 9.18 Å². The first-order chi connectivity index (χ1) is 11.8. The first kappa shape index (κ1) is 19.2. The predicted molar refractivity (Wildman–Crippen MR) is 97.5 cm³/mol. The summed E-state index contributed by atoms with van der Waals surface area (Å²) in [5, 5.41) is 13.0. The molecule has 25 heavy (non-hydrogen) atoms. The van der Waals surface area contributed by atoms with Crippen LogP contribution in [-0.4, -0.2) is 22.2 Å². The zero-order valence-electron chi connectivity index (χ0n) is 15.4. The van der Waals surface area contributed by atoms with Gasteiger partial charge in [0.05, 0.1) is 5.56 Å². The van der Waals surface area contributed by atoms with Crippen LogP contribution in [0.2, 0.25) is 0 Å². The molecular formula is C20H27FN2O2. The number of hydrogen-bond donors (Lipinski definition) is 2. The number of halogens is 1. The van der Waals surface area contributed by atoms with E-state index in [1.165, 1.54) is 12.1 Å². The number of nitrogens with one attached hydrogen (secondary N) is 1. The minimum Gasteiger partial charge on any atom is -0.478 e. The second-order valence-corrected chi connectivity index (χ2v) is 6.90. The summed E-state index contributed by atoms with van der Waals surface area (Å²) >= 11 is 0. The highest BCUT2D eigenvalue weighted by Crippen LogP contribution is 2.24. The minimum absolute atomic E-state index is 0.283. The summed E-state index contributed by atoms with van der Waals surface area (Å²) in [6.07, 6.45) is 1.05. The van der Waals surface area contributed by atoms with E-state index in [4.69, 9.17) is 0 Å². The van der Waals surface area contributed by atoms with Crippen LogP contribution in [0.4, 0.5) is 4.39 Å². The summed E-state index contributed by atoms with van der Waals surface area (Å²) in [6, 6.07) is 6.42. The van der Waals surface area contributed by atoms with Crippen molar-refractivity contribution in [1.29, 1.82) is 0 Å². The molecule has 5 heteroatoms. The maximum absolute atomic E-state index is 13.4. The van der Waals surface area contributed by atoms with Crippen LogP contribution in [0.15, 0.2) is 24.3 Å². The minimum atomic E-state index is -0.917. The third kappa shape index (κ3) is 4.69. The highest BCUT2D eigenvalue weighted by Gasteiger charge is 2.22. The number of aromatic nitrogens is 1. The molecule has 0 fully saturated rings. The van der Waals surface area contributed by atoms with Crippen molar-refractivity contribution in [1.82, 2.24) is 9.88 Å². The van der Waals surface area contributed by atoms with Crippen LogP contribution in [-0.2, 0) is 13.1 Å². The Kier molecular flexibility index (Phi) is 6.37. The molecule has 0 radical (unpaired) electrons. The van der Waals surface area contributed by atoms with E-state index in [0.717, 1.165) is 29.8 Å². The third-order valence-electron chi connectivity index (χ3n) is 4.55. The van der Waals surface area contributed by atoms with Gasteiger partial charge in [-0.2, -0.15) is 0 Å². The maximum atomic E-state index is 13.4. The molecule has 0 aliphatic rings. The second-order valence-electron chi connectivity index (χ2n) is 6.90. The van der Waals surface area contributed by atoms with Gasteiger partial charge in [0, 0.05) is 30.0 Å². The van der Waals surface area contributed by atoms with Gasteiger partial charge in [-0.1, -0.05) is 26.0 Å². The SMILES string of the molecule is Cc1c(CNCCC(C)C)c(C(=O)O)c(C)n1Cc1cccc(F)c1. The number of carboxylic acids is 1. The van der Waals surface area contributed by atoms with Crippen molar-refractivity contribution < 1.29 is 14.3 Å². The second kappa shape index (κ2) is 8.30. The molecule has 0 atom stereocenters. The van der Waals surface area contributed by atoms with E-state index in [1.54, 1.807) is 6.07 Å². The van der Waals surface area contributed by atoms with Gasteiger partial charge in [0.2, 0.25) is 0 Å². The Hall–Kier alpha value is -2.14. The first-order valence-corrected chi connectivity index (χ1v) is 8.68. The fourth-order valence-electron chi connectivity index (χ4n) is 3.11. The van der Waals surface area contributed by atoms with Crippen LogP contribution in [0.5, 0.6) is 0 Å². The molecule has 2 rings (SSSR count). The number of rotatable bonds is 8. The van der Waals surface area contributed by atoms with Gasteiger partial charge in [-0.15, -0.1) is 0 Å². The van der Waals surface area contributed by atoms with Gasteiger partial charge in [0.15, 0.2) is 0 Å². The van der Waals surface area contributed by atoms with Gasteiger partial charge in [0.1, 0.15) is 5.82 Å². The van der Waals surface area contributed by atoms with Crippen molar-refractivity contribution in [2.45, 2.75) is 47.2 Å². The largest absolute Gasteiger partial charge is 0.478 e. The Bertz CT molecular complexity index is 750. The molecule has 0 bridgehead atoms. The van der Waals surface area contributed by atoms with Crippen LogP contribution in [0.1, 0.15) is 53.1 Å². The summed E-state index contributed by atoms with van der Waals surface area (Å²) in [5.41, 5.74) is 3.60. The van der Waals surface area contributed by atoms with Crippen molar-refractivity contribution in [3.63, 3.8) is 0 Å². The summed E-state index contributed by atoms with van der Waals surface area (Å²) in [4.78, 5) is 11.8. The van der Waals surface area contributed by atoms with Crippen LogP contribution in [0.3, 0.4) is 0 Å². The molecule has 0 saturated heterocycles. The third-order valence-corrected chi connectivity index (χ3v) is 4.55. The molecule has 136 valence electrons. The van der Waals surface area contributed by atoms with Gasteiger partial charge in [-0.05, 0) is 50.4 Å². The Morgan fingerprint density at radius 2 is 2.00 bits per heavy atom. The van der Waals surface area contributed by atoms with Crippen LogP contribution < -0.4 is 5.32 Å². The van der Waals surface area contributed by atoms with E-state index in [1.807, 2.05) is 24.5 Å². The van der Waals surface area contributed by atoms with Crippen LogP contribution in [0, 0.1) is 25.6 Å². The topological polar surface area (TPSA) is 54.3 Å². The van der Waals surface area contributed by atoms with Gasteiger partial charge in [0.25, 0.3) is 0 Å².